The van der Waals surface area contributed by atoms with Crippen LogP contribution in [0.2, 0.25) is 0 Å². The lowest BCUT2D eigenvalue weighted by atomic mass is 10.2. The van der Waals surface area contributed by atoms with E-state index in [2.05, 4.69) is 17.2 Å². The fourth-order valence-electron chi connectivity index (χ4n) is 1.93. The van der Waals surface area contributed by atoms with Crippen LogP contribution in [0, 0.1) is 0 Å². The van der Waals surface area contributed by atoms with E-state index in [0.717, 1.165) is 38.0 Å². The summed E-state index contributed by atoms with van der Waals surface area (Å²) < 4.78 is 22.9. The predicted octanol–water partition coefficient (Wildman–Crippen LogP) is 1.58. The Morgan fingerprint density at radius 2 is 1.71 bits per heavy atom. The fourth-order valence-corrected chi connectivity index (χ4v) is 2.17. The third-order valence-corrected chi connectivity index (χ3v) is 3.47. The van der Waals surface area contributed by atoms with Gasteiger partial charge in [-0.25, -0.2) is 4.68 Å². The van der Waals surface area contributed by atoms with Crippen molar-refractivity contribution in [3.05, 3.63) is 11.9 Å². The summed E-state index contributed by atoms with van der Waals surface area (Å²) in [4.78, 5) is 8.53. The summed E-state index contributed by atoms with van der Waals surface area (Å²) in [6, 6.07) is 0. The third-order valence-electron chi connectivity index (χ3n) is 3.14. The molecule has 1 atom stereocenters. The molecule has 1 heterocycles. The molecule has 0 bridgehead atoms. The Morgan fingerprint density at radius 3 is 2.42 bits per heavy atom. The van der Waals surface area contributed by atoms with Crippen molar-refractivity contribution in [2.45, 2.75) is 39.2 Å². The SMILES string of the molecule is CCCOCCOCCOCCn1cc(CCCCOPO)nn1. The smallest absolute Gasteiger partial charge is 0.152 e. The second kappa shape index (κ2) is 15.9. The monoisotopic (exact) mass is 363 g/mol. The molecule has 1 aromatic heterocycles. The minimum absolute atomic E-state index is 0.423. The molecule has 0 aliphatic heterocycles. The van der Waals surface area contributed by atoms with Gasteiger partial charge >= 0.3 is 0 Å². The van der Waals surface area contributed by atoms with Crippen molar-refractivity contribution in [2.24, 2.45) is 0 Å². The summed E-state index contributed by atoms with van der Waals surface area (Å²) in [7, 11) is -0.423. The minimum atomic E-state index is -0.423. The van der Waals surface area contributed by atoms with E-state index in [4.69, 9.17) is 23.6 Å². The van der Waals surface area contributed by atoms with Crippen LogP contribution in [-0.2, 0) is 31.7 Å². The Bertz CT molecular complexity index is 395. The molecule has 0 radical (unpaired) electrons. The standard InChI is InChI=1S/C15H30N3O5P/c1-2-7-20-10-12-22-13-11-21-9-6-18-14-15(16-17-18)5-3-4-8-23-24-19/h14,19,24H,2-13H2,1H3. The number of nitrogens with zero attached hydrogens (tertiary/aromatic N) is 3. The molecule has 0 aliphatic carbocycles. The first-order valence-corrected chi connectivity index (χ1v) is 9.35. The van der Waals surface area contributed by atoms with Crippen molar-refractivity contribution in [1.29, 1.82) is 0 Å². The minimum Gasteiger partial charge on any atom is -0.379 e. The number of rotatable bonds is 17. The van der Waals surface area contributed by atoms with Crippen molar-refractivity contribution >= 4 is 9.03 Å². The Morgan fingerprint density at radius 1 is 1.00 bits per heavy atom. The van der Waals surface area contributed by atoms with Gasteiger partial charge in [-0.3, -0.25) is 0 Å². The molecule has 8 nitrogen and oxygen atoms in total. The molecule has 24 heavy (non-hydrogen) atoms. The third kappa shape index (κ3) is 11.8. The lowest BCUT2D eigenvalue weighted by molar-refractivity contribution is 0.0128. The maximum Gasteiger partial charge on any atom is 0.152 e. The predicted molar refractivity (Wildman–Crippen MR) is 92.2 cm³/mol. The summed E-state index contributed by atoms with van der Waals surface area (Å²) in [6.45, 7) is 7.13. The van der Waals surface area contributed by atoms with Gasteiger partial charge in [-0.15, -0.1) is 5.10 Å². The van der Waals surface area contributed by atoms with Crippen molar-refractivity contribution in [3.63, 3.8) is 0 Å². The van der Waals surface area contributed by atoms with Crippen LogP contribution >= 0.6 is 9.03 Å². The van der Waals surface area contributed by atoms with Gasteiger partial charge in [0.1, 0.15) is 0 Å². The van der Waals surface area contributed by atoms with Crippen LogP contribution in [0.1, 0.15) is 31.9 Å². The van der Waals surface area contributed by atoms with Crippen LogP contribution in [-0.4, -0.2) is 66.1 Å². The van der Waals surface area contributed by atoms with Gasteiger partial charge in [0.05, 0.1) is 51.9 Å². The molecule has 0 amide bonds. The topological polar surface area (TPSA) is 87.9 Å². The highest BCUT2D eigenvalue weighted by atomic mass is 31.1. The van der Waals surface area contributed by atoms with Crippen molar-refractivity contribution < 1.29 is 23.6 Å². The molecule has 0 spiro atoms. The second-order valence-corrected chi connectivity index (χ2v) is 5.68. The maximum atomic E-state index is 8.53. The van der Waals surface area contributed by atoms with Gasteiger partial charge in [-0.1, -0.05) is 12.1 Å². The molecule has 9 heteroatoms. The van der Waals surface area contributed by atoms with Gasteiger partial charge in [0.15, 0.2) is 9.03 Å². The zero-order chi connectivity index (χ0) is 17.3. The number of hydrogen-bond donors (Lipinski definition) is 1. The highest BCUT2D eigenvalue weighted by Gasteiger charge is 2.01. The molecule has 1 rings (SSSR count). The number of aromatic nitrogens is 3. The first kappa shape index (κ1) is 21.4. The van der Waals surface area contributed by atoms with Gasteiger partial charge in [-0.05, 0) is 25.7 Å². The van der Waals surface area contributed by atoms with E-state index in [0.29, 0.717) is 46.2 Å². The first-order chi connectivity index (χ1) is 11.9. The summed E-state index contributed by atoms with van der Waals surface area (Å²) >= 11 is 0. The average molecular weight is 363 g/mol. The number of unbranched alkanes of at least 4 members (excludes halogenated alkanes) is 1. The molecular formula is C15H30N3O5P. The van der Waals surface area contributed by atoms with Crippen LogP contribution in [0.25, 0.3) is 0 Å². The van der Waals surface area contributed by atoms with Crippen molar-refractivity contribution in [2.75, 3.05) is 46.2 Å². The zero-order valence-electron chi connectivity index (χ0n) is 14.5. The molecule has 0 saturated carbocycles. The van der Waals surface area contributed by atoms with Crippen molar-refractivity contribution in [3.8, 4) is 0 Å². The van der Waals surface area contributed by atoms with Gasteiger partial charge in [0.2, 0.25) is 0 Å². The molecule has 0 aliphatic rings. The van der Waals surface area contributed by atoms with Crippen LogP contribution in [0.3, 0.4) is 0 Å². The Labute approximate surface area is 145 Å². The van der Waals surface area contributed by atoms with Crippen LogP contribution in [0.15, 0.2) is 6.20 Å². The average Bonchev–Trinajstić information content (AvgIpc) is 3.04. The van der Waals surface area contributed by atoms with Crippen LogP contribution < -0.4 is 0 Å². The molecule has 0 saturated heterocycles. The van der Waals surface area contributed by atoms with Crippen LogP contribution in [0.5, 0.6) is 0 Å². The molecule has 0 fully saturated rings. The Hall–Kier alpha value is -0.630. The van der Waals surface area contributed by atoms with E-state index in [9.17, 15) is 0 Å². The number of aryl methyl sites for hydroxylation is 1. The summed E-state index contributed by atoms with van der Waals surface area (Å²) in [5, 5.41) is 8.20. The van der Waals surface area contributed by atoms with Gasteiger partial charge in [0.25, 0.3) is 0 Å². The van der Waals surface area contributed by atoms with Gasteiger partial charge < -0.3 is 23.6 Å². The zero-order valence-corrected chi connectivity index (χ0v) is 15.5. The highest BCUT2D eigenvalue weighted by Crippen LogP contribution is 2.07. The van der Waals surface area contributed by atoms with Crippen molar-refractivity contribution in [1.82, 2.24) is 15.0 Å². The lowest BCUT2D eigenvalue weighted by Gasteiger charge is -2.06. The Kier molecular flexibility index (Phi) is 14.2. The summed E-state index contributed by atoms with van der Waals surface area (Å²) in [5.41, 5.74) is 0.969. The van der Waals surface area contributed by atoms with Gasteiger partial charge in [-0.2, -0.15) is 0 Å². The van der Waals surface area contributed by atoms with E-state index in [1.165, 1.54) is 0 Å². The summed E-state index contributed by atoms with van der Waals surface area (Å²) in [5.74, 6) is 0. The second-order valence-electron chi connectivity index (χ2n) is 5.21. The highest BCUT2D eigenvalue weighted by molar-refractivity contribution is 7.24. The molecular weight excluding hydrogens is 333 g/mol. The van der Waals surface area contributed by atoms with E-state index >= 15 is 0 Å². The van der Waals surface area contributed by atoms with E-state index in [1.54, 1.807) is 4.68 Å². The summed E-state index contributed by atoms with van der Waals surface area (Å²) in [6.07, 6.45) is 5.73. The lowest BCUT2D eigenvalue weighted by Crippen LogP contribution is -2.12. The normalized spacial score (nSPS) is 11.8. The van der Waals surface area contributed by atoms with E-state index < -0.39 is 9.03 Å². The maximum absolute atomic E-state index is 8.53. The number of hydrogen-bond acceptors (Lipinski definition) is 7. The fraction of sp³-hybridized carbons (Fsp3) is 0.867. The van der Waals surface area contributed by atoms with E-state index in [-0.39, 0.29) is 0 Å². The molecule has 140 valence electrons. The molecule has 0 aromatic carbocycles. The molecule has 1 aromatic rings. The number of ether oxygens (including phenoxy) is 3. The quantitative estimate of drug-likeness (QED) is 0.332. The van der Waals surface area contributed by atoms with Crippen LogP contribution in [0.4, 0.5) is 0 Å². The van der Waals surface area contributed by atoms with Gasteiger partial charge in [0, 0.05) is 12.8 Å². The Balaban J connectivity index is 1.92. The molecule has 1 N–H and O–H groups in total. The first-order valence-electron chi connectivity index (χ1n) is 8.50. The largest absolute Gasteiger partial charge is 0.379 e. The molecule has 1 unspecified atom stereocenters. The van der Waals surface area contributed by atoms with E-state index in [1.807, 2.05) is 6.20 Å².